The fourth-order valence-electron chi connectivity index (χ4n) is 1.94. The Bertz CT molecular complexity index is 618. The topological polar surface area (TPSA) is 0 Å². The fourth-order valence-corrected chi connectivity index (χ4v) is 1.94. The summed E-state index contributed by atoms with van der Waals surface area (Å²) in [5.74, 6) is 0. The molecular weight excluding hydrogens is 228 g/mol. The number of aryl methyl sites for hydroxylation is 1. The van der Waals surface area contributed by atoms with Crippen LogP contribution in [0, 0.1) is 6.92 Å². The van der Waals surface area contributed by atoms with Gasteiger partial charge in [-0.3, -0.25) is 0 Å². The maximum Gasteiger partial charge on any atom is -0.0111 e. The molecule has 0 atom stereocenters. The Kier molecular flexibility index (Phi) is 8.28. The zero-order valence-electron chi connectivity index (χ0n) is 13.0. The van der Waals surface area contributed by atoms with E-state index in [-0.39, 0.29) is 0 Å². The molecule has 0 aromatic heterocycles. The maximum atomic E-state index is 4.15. The Morgan fingerprint density at radius 1 is 1.00 bits per heavy atom. The summed E-state index contributed by atoms with van der Waals surface area (Å²) in [6.45, 7) is 18.0. The molecule has 0 aliphatic rings. The van der Waals surface area contributed by atoms with E-state index in [2.05, 4.69) is 44.3 Å². The van der Waals surface area contributed by atoms with Gasteiger partial charge in [0.2, 0.25) is 0 Å². The average Bonchev–Trinajstić information content (AvgIpc) is 2.48. The van der Waals surface area contributed by atoms with Crippen molar-refractivity contribution in [2.75, 3.05) is 0 Å². The zero-order valence-corrected chi connectivity index (χ0v) is 13.0. The summed E-state index contributed by atoms with van der Waals surface area (Å²) in [5.41, 5.74) is 1.25. The summed E-state index contributed by atoms with van der Waals surface area (Å²) in [6, 6.07) is 10.5. The Hall–Kier alpha value is -1.82. The van der Waals surface area contributed by atoms with E-state index in [0.29, 0.717) is 0 Å². The van der Waals surface area contributed by atoms with Crippen LogP contribution >= 0.6 is 0 Å². The number of rotatable bonds is 1. The highest BCUT2D eigenvalue weighted by Crippen LogP contribution is 2.08. The molecule has 0 amide bonds. The van der Waals surface area contributed by atoms with E-state index in [4.69, 9.17) is 0 Å². The smallest absolute Gasteiger partial charge is 0.0111 e. The predicted molar refractivity (Wildman–Crippen MR) is 90.8 cm³/mol. The molecule has 19 heavy (non-hydrogen) atoms. The Morgan fingerprint density at radius 2 is 1.58 bits per heavy atom. The molecule has 0 nitrogen and oxygen atoms in total. The van der Waals surface area contributed by atoms with E-state index in [1.54, 1.807) is 0 Å². The van der Waals surface area contributed by atoms with Gasteiger partial charge in [0, 0.05) is 0 Å². The molecule has 0 bridgehead atoms. The monoisotopic (exact) mass is 254 g/mol. The van der Waals surface area contributed by atoms with Gasteiger partial charge in [0.05, 0.1) is 0 Å². The van der Waals surface area contributed by atoms with Crippen LogP contribution < -0.4 is 10.4 Å². The third kappa shape index (κ3) is 4.10. The van der Waals surface area contributed by atoms with E-state index in [9.17, 15) is 0 Å². The van der Waals surface area contributed by atoms with Crippen molar-refractivity contribution < 1.29 is 0 Å². The molecule has 0 N–H and O–H groups in total. The SMILES string of the molecule is C=C/C=c1/c(C)cc2ccccc2c1=C.CC.CC. The molecule has 0 aliphatic heterocycles. The maximum absolute atomic E-state index is 4.15. The first-order valence-corrected chi connectivity index (χ1v) is 7.04. The van der Waals surface area contributed by atoms with Gasteiger partial charge >= 0.3 is 0 Å². The van der Waals surface area contributed by atoms with Crippen molar-refractivity contribution in [2.45, 2.75) is 34.6 Å². The second kappa shape index (κ2) is 9.16. The van der Waals surface area contributed by atoms with Gasteiger partial charge in [-0.2, -0.15) is 0 Å². The predicted octanol–water partition coefficient (Wildman–Crippen LogP) is 4.58. The molecule has 0 saturated heterocycles. The second-order valence-corrected chi connectivity index (χ2v) is 3.71. The highest BCUT2D eigenvalue weighted by molar-refractivity contribution is 5.84. The van der Waals surface area contributed by atoms with Gasteiger partial charge < -0.3 is 0 Å². The van der Waals surface area contributed by atoms with Crippen molar-refractivity contribution in [3.63, 3.8) is 0 Å². The van der Waals surface area contributed by atoms with Crippen LogP contribution in [0.4, 0.5) is 0 Å². The number of hydrogen-bond donors (Lipinski definition) is 0. The standard InChI is InChI=1S/C15H14.2C2H6/c1-4-7-14-11(2)10-13-8-5-6-9-15(13)12(14)3;2*1-2/h4-10H,1,3H2,2H3;2*1-2H3/b14-7-;;. The van der Waals surface area contributed by atoms with Crippen LogP contribution in [0.2, 0.25) is 0 Å². The lowest BCUT2D eigenvalue weighted by molar-refractivity contribution is 1.41. The quantitative estimate of drug-likeness (QED) is 0.699. The van der Waals surface area contributed by atoms with Gasteiger partial charge in [-0.15, -0.1) is 0 Å². The summed E-state index contributed by atoms with van der Waals surface area (Å²) in [4.78, 5) is 0. The van der Waals surface area contributed by atoms with Crippen LogP contribution in [0.5, 0.6) is 0 Å². The lowest BCUT2D eigenvalue weighted by atomic mass is 10.0. The first kappa shape index (κ1) is 17.2. The fraction of sp³-hybridized carbons (Fsp3) is 0.263. The third-order valence-electron chi connectivity index (χ3n) is 2.69. The van der Waals surface area contributed by atoms with Gasteiger partial charge in [-0.25, -0.2) is 0 Å². The van der Waals surface area contributed by atoms with Gasteiger partial charge in [0.15, 0.2) is 0 Å². The number of fused-ring (bicyclic) bond motifs is 1. The zero-order chi connectivity index (χ0) is 14.8. The molecule has 0 heterocycles. The summed E-state index contributed by atoms with van der Waals surface area (Å²) in [7, 11) is 0. The first-order chi connectivity index (χ1) is 9.24. The summed E-state index contributed by atoms with van der Waals surface area (Å²) >= 11 is 0. The van der Waals surface area contributed by atoms with Crippen LogP contribution in [0.1, 0.15) is 33.3 Å². The van der Waals surface area contributed by atoms with Crippen molar-refractivity contribution in [1.29, 1.82) is 0 Å². The summed E-state index contributed by atoms with van der Waals surface area (Å²) in [5, 5.41) is 4.74. The van der Waals surface area contributed by atoms with Crippen molar-refractivity contribution in [3.05, 3.63) is 59.0 Å². The number of allylic oxidation sites excluding steroid dienone is 1. The highest BCUT2D eigenvalue weighted by Gasteiger charge is 1.96. The second-order valence-electron chi connectivity index (χ2n) is 3.71. The normalized spacial score (nSPS) is 10.1. The number of hydrogen-bond acceptors (Lipinski definition) is 0. The van der Waals surface area contributed by atoms with Crippen LogP contribution in [-0.4, -0.2) is 0 Å². The minimum absolute atomic E-state index is 1.09. The minimum atomic E-state index is 1.09. The molecule has 0 heteroatoms. The molecule has 0 aliphatic carbocycles. The summed E-state index contributed by atoms with van der Waals surface area (Å²) < 4.78 is 0. The Morgan fingerprint density at radius 3 is 2.16 bits per heavy atom. The van der Waals surface area contributed by atoms with Crippen molar-refractivity contribution in [3.8, 4) is 0 Å². The van der Waals surface area contributed by atoms with Crippen molar-refractivity contribution >= 4 is 23.4 Å². The molecule has 102 valence electrons. The Balaban J connectivity index is 0.000000741. The molecular formula is C19H26. The van der Waals surface area contributed by atoms with E-state index in [0.717, 1.165) is 5.22 Å². The van der Waals surface area contributed by atoms with Gasteiger partial charge in [-0.05, 0) is 33.7 Å². The van der Waals surface area contributed by atoms with Gasteiger partial charge in [-0.1, -0.05) is 83.3 Å². The van der Waals surface area contributed by atoms with Gasteiger partial charge in [0.25, 0.3) is 0 Å². The van der Waals surface area contributed by atoms with Crippen LogP contribution in [0.3, 0.4) is 0 Å². The first-order valence-electron chi connectivity index (χ1n) is 7.04. The average molecular weight is 254 g/mol. The van der Waals surface area contributed by atoms with Crippen molar-refractivity contribution in [1.82, 2.24) is 0 Å². The molecule has 0 saturated carbocycles. The lowest BCUT2D eigenvalue weighted by Gasteiger charge is -2.02. The highest BCUT2D eigenvalue weighted by atomic mass is 14.0. The molecule has 0 radical (unpaired) electrons. The molecule has 0 spiro atoms. The third-order valence-corrected chi connectivity index (χ3v) is 2.69. The van der Waals surface area contributed by atoms with Crippen molar-refractivity contribution in [2.24, 2.45) is 0 Å². The Labute approximate surface area is 117 Å². The minimum Gasteiger partial charge on any atom is -0.0990 e. The summed E-state index contributed by atoms with van der Waals surface area (Å²) in [6.07, 6.45) is 3.83. The largest absolute Gasteiger partial charge is 0.0990 e. The van der Waals surface area contributed by atoms with Gasteiger partial charge in [0.1, 0.15) is 0 Å². The van der Waals surface area contributed by atoms with E-state index in [1.165, 1.54) is 21.6 Å². The van der Waals surface area contributed by atoms with Crippen LogP contribution in [0.15, 0.2) is 43.0 Å². The molecule has 2 aromatic carbocycles. The molecule has 0 fully saturated rings. The number of benzene rings is 2. The molecule has 0 unspecified atom stereocenters. The van der Waals surface area contributed by atoms with Crippen LogP contribution in [-0.2, 0) is 0 Å². The van der Waals surface area contributed by atoms with E-state index >= 15 is 0 Å². The van der Waals surface area contributed by atoms with Crippen LogP contribution in [0.25, 0.3) is 23.4 Å². The molecule has 2 aromatic rings. The molecule has 2 rings (SSSR count). The van der Waals surface area contributed by atoms with E-state index in [1.807, 2.05) is 45.9 Å². The lowest BCUT2D eigenvalue weighted by Crippen LogP contribution is -2.26. The van der Waals surface area contributed by atoms with E-state index < -0.39 is 0 Å².